The van der Waals surface area contributed by atoms with Gasteiger partial charge in [0.2, 0.25) is 5.91 Å². The molecule has 0 aromatic heterocycles. The third-order valence-corrected chi connectivity index (χ3v) is 3.69. The standard InChI is InChI=1S/C11H14N2O4S.Na/c1-11(2)7-13(12-10(11)14)8-3-5-9(6-4-8)18(15,16)17;/h3-6H,7H2,1-2H3,(H,12,14)(H,15,16,17);/q;+1/p-1. The number of hydrogen-bond acceptors (Lipinski definition) is 5. The van der Waals surface area contributed by atoms with E-state index >= 15 is 0 Å². The average Bonchev–Trinajstić information content (AvgIpc) is 2.53. The van der Waals surface area contributed by atoms with E-state index in [-0.39, 0.29) is 40.4 Å². The van der Waals surface area contributed by atoms with Crippen molar-refractivity contribution in [2.24, 2.45) is 5.41 Å². The normalized spacial score (nSPS) is 17.8. The number of hydrogen-bond donors (Lipinski definition) is 1. The van der Waals surface area contributed by atoms with Gasteiger partial charge in [-0.3, -0.25) is 15.2 Å². The van der Waals surface area contributed by atoms with Crippen LogP contribution in [0.2, 0.25) is 0 Å². The van der Waals surface area contributed by atoms with Gasteiger partial charge in [-0.1, -0.05) is 0 Å². The average molecular weight is 292 g/mol. The second-order valence-electron chi connectivity index (χ2n) is 4.86. The second-order valence-corrected chi connectivity index (χ2v) is 6.24. The molecule has 0 aliphatic carbocycles. The van der Waals surface area contributed by atoms with Crippen LogP contribution >= 0.6 is 0 Å². The van der Waals surface area contributed by atoms with E-state index in [0.717, 1.165) is 0 Å². The summed E-state index contributed by atoms with van der Waals surface area (Å²) in [6, 6.07) is 5.45. The number of anilines is 1. The number of nitrogens with zero attached hydrogens (tertiary/aromatic N) is 1. The molecule has 1 amide bonds. The molecule has 6 nitrogen and oxygen atoms in total. The van der Waals surface area contributed by atoms with Crippen molar-refractivity contribution in [1.82, 2.24) is 5.43 Å². The fourth-order valence-electron chi connectivity index (χ4n) is 1.73. The molecule has 1 aromatic rings. The van der Waals surface area contributed by atoms with E-state index in [0.29, 0.717) is 12.2 Å². The van der Waals surface area contributed by atoms with Crippen molar-refractivity contribution in [1.29, 1.82) is 0 Å². The Kier molecular flexibility index (Phi) is 4.69. The van der Waals surface area contributed by atoms with Gasteiger partial charge in [0.05, 0.1) is 22.5 Å². The van der Waals surface area contributed by atoms with E-state index in [9.17, 15) is 17.8 Å². The molecule has 0 bridgehead atoms. The van der Waals surface area contributed by atoms with Crippen molar-refractivity contribution < 1.29 is 47.3 Å². The van der Waals surface area contributed by atoms with Crippen LogP contribution in [0.3, 0.4) is 0 Å². The SMILES string of the molecule is CC1(C)CN(c2ccc(S(=O)(=O)[O-])cc2)NC1=O.[Na+]. The van der Waals surface area contributed by atoms with Crippen LogP contribution in [0.5, 0.6) is 0 Å². The van der Waals surface area contributed by atoms with Crippen LogP contribution in [0.4, 0.5) is 5.69 Å². The first kappa shape index (κ1) is 16.5. The maximum atomic E-state index is 11.6. The van der Waals surface area contributed by atoms with Crippen molar-refractivity contribution in [3.8, 4) is 0 Å². The van der Waals surface area contributed by atoms with Gasteiger partial charge in [0, 0.05) is 0 Å². The van der Waals surface area contributed by atoms with Crippen molar-refractivity contribution in [2.75, 3.05) is 11.6 Å². The molecule has 19 heavy (non-hydrogen) atoms. The summed E-state index contributed by atoms with van der Waals surface area (Å²) in [5, 5.41) is 1.63. The molecule has 0 atom stereocenters. The van der Waals surface area contributed by atoms with Crippen LogP contribution in [0, 0.1) is 5.41 Å². The number of benzene rings is 1. The fourth-order valence-corrected chi connectivity index (χ4v) is 2.20. The Balaban J connectivity index is 0.00000180. The van der Waals surface area contributed by atoms with Crippen LogP contribution in [0.25, 0.3) is 0 Å². The van der Waals surface area contributed by atoms with Gasteiger partial charge in [-0.05, 0) is 38.1 Å². The molecule has 1 heterocycles. The van der Waals surface area contributed by atoms with Gasteiger partial charge in [-0.2, -0.15) is 0 Å². The zero-order valence-electron chi connectivity index (χ0n) is 11.0. The van der Waals surface area contributed by atoms with Crippen molar-refractivity contribution in [3.63, 3.8) is 0 Å². The second kappa shape index (κ2) is 5.41. The maximum absolute atomic E-state index is 11.6. The monoisotopic (exact) mass is 292 g/mol. The third kappa shape index (κ3) is 3.49. The zero-order chi connectivity index (χ0) is 13.6. The van der Waals surface area contributed by atoms with Crippen LogP contribution < -0.4 is 40.0 Å². The smallest absolute Gasteiger partial charge is 0.744 e. The van der Waals surface area contributed by atoms with Gasteiger partial charge in [0.1, 0.15) is 10.1 Å². The van der Waals surface area contributed by atoms with E-state index in [1.54, 1.807) is 5.01 Å². The summed E-state index contributed by atoms with van der Waals surface area (Å²) in [5.41, 5.74) is 2.83. The largest absolute Gasteiger partial charge is 1.00 e. The summed E-state index contributed by atoms with van der Waals surface area (Å²) >= 11 is 0. The van der Waals surface area contributed by atoms with Gasteiger partial charge < -0.3 is 4.55 Å². The molecule has 98 valence electrons. The predicted molar refractivity (Wildman–Crippen MR) is 63.7 cm³/mol. The molecular weight excluding hydrogens is 279 g/mol. The Hall–Kier alpha value is -0.600. The molecule has 1 aliphatic heterocycles. The Morgan fingerprint density at radius 3 is 2.16 bits per heavy atom. The maximum Gasteiger partial charge on any atom is 1.00 e. The van der Waals surface area contributed by atoms with E-state index in [1.807, 2.05) is 13.8 Å². The Morgan fingerprint density at radius 2 is 1.79 bits per heavy atom. The predicted octanol–water partition coefficient (Wildman–Crippen LogP) is -2.53. The first-order valence-corrected chi connectivity index (χ1v) is 6.75. The molecular formula is C11H13N2NaO4S. The van der Waals surface area contributed by atoms with Crippen LogP contribution in [0.1, 0.15) is 13.8 Å². The molecule has 1 fully saturated rings. The molecule has 0 spiro atoms. The Labute approximate surface area is 134 Å². The molecule has 1 aromatic carbocycles. The molecule has 1 saturated heterocycles. The van der Waals surface area contributed by atoms with Gasteiger partial charge >= 0.3 is 29.6 Å². The van der Waals surface area contributed by atoms with E-state index in [1.165, 1.54) is 24.3 Å². The van der Waals surface area contributed by atoms with Crippen LogP contribution in [0.15, 0.2) is 29.2 Å². The fraction of sp³-hybridized carbons (Fsp3) is 0.364. The number of rotatable bonds is 2. The summed E-state index contributed by atoms with van der Waals surface area (Å²) in [6.45, 7) is 4.12. The van der Waals surface area contributed by atoms with Crippen molar-refractivity contribution in [3.05, 3.63) is 24.3 Å². The Bertz CT molecular complexity index is 583. The van der Waals surface area contributed by atoms with E-state index in [2.05, 4.69) is 5.43 Å². The topological polar surface area (TPSA) is 89.5 Å². The molecule has 0 radical (unpaired) electrons. The summed E-state index contributed by atoms with van der Waals surface area (Å²) in [6.07, 6.45) is 0. The van der Waals surface area contributed by atoms with Crippen molar-refractivity contribution in [2.45, 2.75) is 18.7 Å². The Morgan fingerprint density at radius 1 is 1.26 bits per heavy atom. The van der Waals surface area contributed by atoms with Gasteiger partial charge in [0.15, 0.2) is 0 Å². The number of carbonyl (C=O) groups excluding carboxylic acids is 1. The van der Waals surface area contributed by atoms with Crippen molar-refractivity contribution >= 4 is 21.7 Å². The van der Waals surface area contributed by atoms with E-state index in [4.69, 9.17) is 0 Å². The molecule has 0 saturated carbocycles. The first-order chi connectivity index (χ1) is 8.20. The van der Waals surface area contributed by atoms with Gasteiger partial charge in [-0.25, -0.2) is 8.42 Å². The number of nitrogens with one attached hydrogen (secondary N) is 1. The minimum atomic E-state index is -4.43. The molecule has 1 N–H and O–H groups in total. The summed E-state index contributed by atoms with van der Waals surface area (Å²) in [4.78, 5) is 11.3. The zero-order valence-corrected chi connectivity index (χ0v) is 13.8. The van der Waals surface area contributed by atoms with Crippen LogP contribution in [-0.2, 0) is 14.9 Å². The molecule has 8 heteroatoms. The van der Waals surface area contributed by atoms with Gasteiger partial charge in [0.25, 0.3) is 0 Å². The summed E-state index contributed by atoms with van der Waals surface area (Å²) < 4.78 is 32.3. The minimum absolute atomic E-state index is 0. The number of hydrazine groups is 1. The quantitative estimate of drug-likeness (QED) is 0.480. The molecule has 0 unspecified atom stereocenters. The minimum Gasteiger partial charge on any atom is -0.744 e. The van der Waals surface area contributed by atoms with Gasteiger partial charge in [-0.15, -0.1) is 0 Å². The summed E-state index contributed by atoms with van der Waals surface area (Å²) in [5.74, 6) is -0.0944. The van der Waals surface area contributed by atoms with Crippen LogP contribution in [-0.4, -0.2) is 25.4 Å². The third-order valence-electron chi connectivity index (χ3n) is 2.84. The molecule has 1 aliphatic rings. The summed E-state index contributed by atoms with van der Waals surface area (Å²) in [7, 11) is -4.43. The first-order valence-electron chi connectivity index (χ1n) is 5.35. The number of amides is 1. The van der Waals surface area contributed by atoms with E-state index < -0.39 is 15.5 Å². The molecule has 2 rings (SSSR count). The number of carbonyl (C=O) groups is 1.